The van der Waals surface area contributed by atoms with Gasteiger partial charge in [-0.1, -0.05) is 12.1 Å². The Morgan fingerprint density at radius 2 is 1.56 bits per heavy atom. The normalized spacial score (nSPS) is 19.9. The van der Waals surface area contributed by atoms with Crippen LogP contribution < -0.4 is 0 Å². The van der Waals surface area contributed by atoms with Crippen LogP contribution >= 0.6 is 0 Å². The van der Waals surface area contributed by atoms with Gasteiger partial charge in [-0.05, 0) is 25.0 Å². The number of hydrogen-bond donors (Lipinski definition) is 0. The molecule has 0 N–H and O–H groups in total. The number of carbonyl (C=O) groups is 2. The summed E-state index contributed by atoms with van der Waals surface area (Å²) in [6.07, 6.45) is 1.26. The number of piperazine rings is 1. The van der Waals surface area contributed by atoms with Crippen molar-refractivity contribution in [2.75, 3.05) is 39.3 Å². The first-order valence-corrected chi connectivity index (χ1v) is 10.5. The van der Waals surface area contributed by atoms with Crippen LogP contribution in [0.1, 0.15) is 19.8 Å². The highest BCUT2D eigenvalue weighted by molar-refractivity contribution is 7.89. The Bertz CT molecular complexity index is 814. The van der Waals surface area contributed by atoms with Crippen LogP contribution in [0.3, 0.4) is 0 Å². The Hall–Kier alpha value is -2.00. The molecule has 0 atom stereocenters. The standard InChI is InChI=1S/C18H24FN3O4S/c1-14(23)20-8-6-15(7-9-20)18(24)21-10-12-22(13-11-21)27(25,26)17-5-3-2-4-16(17)19/h2-5,15H,6-13H2,1H3. The molecule has 1 aromatic carbocycles. The first-order chi connectivity index (χ1) is 12.8. The molecule has 7 nitrogen and oxygen atoms in total. The lowest BCUT2D eigenvalue weighted by Gasteiger charge is -2.38. The smallest absolute Gasteiger partial charge is 0.246 e. The molecule has 0 aliphatic carbocycles. The summed E-state index contributed by atoms with van der Waals surface area (Å²) in [5.41, 5.74) is 0. The third kappa shape index (κ3) is 4.14. The van der Waals surface area contributed by atoms with Crippen LogP contribution in [0.15, 0.2) is 29.2 Å². The number of rotatable bonds is 3. The molecule has 2 saturated heterocycles. The van der Waals surface area contributed by atoms with Gasteiger partial charge in [0.15, 0.2) is 0 Å². The monoisotopic (exact) mass is 397 g/mol. The van der Waals surface area contributed by atoms with Crippen LogP contribution in [0.5, 0.6) is 0 Å². The van der Waals surface area contributed by atoms with Crippen molar-refractivity contribution in [3.05, 3.63) is 30.1 Å². The summed E-state index contributed by atoms with van der Waals surface area (Å²) in [6.45, 7) is 3.56. The van der Waals surface area contributed by atoms with Gasteiger partial charge in [0.2, 0.25) is 21.8 Å². The maximum atomic E-state index is 13.9. The number of likely N-dealkylation sites (tertiary alicyclic amines) is 1. The molecule has 0 saturated carbocycles. The van der Waals surface area contributed by atoms with Crippen molar-refractivity contribution < 1.29 is 22.4 Å². The number of carbonyl (C=O) groups excluding carboxylic acids is 2. The molecule has 2 fully saturated rings. The summed E-state index contributed by atoms with van der Waals surface area (Å²) in [6, 6.07) is 5.32. The molecule has 0 radical (unpaired) electrons. The molecule has 0 aromatic heterocycles. The Kier molecular flexibility index (Phi) is 5.81. The minimum absolute atomic E-state index is 0.0149. The lowest BCUT2D eigenvalue weighted by atomic mass is 9.95. The van der Waals surface area contributed by atoms with E-state index in [-0.39, 0.29) is 35.7 Å². The summed E-state index contributed by atoms with van der Waals surface area (Å²) in [5, 5.41) is 0. The lowest BCUT2D eigenvalue weighted by Crippen LogP contribution is -2.53. The molecule has 148 valence electrons. The maximum Gasteiger partial charge on any atom is 0.246 e. The molecule has 0 spiro atoms. The van der Waals surface area contributed by atoms with Gasteiger partial charge in [-0.25, -0.2) is 12.8 Å². The van der Waals surface area contributed by atoms with E-state index in [4.69, 9.17) is 0 Å². The van der Waals surface area contributed by atoms with E-state index in [1.54, 1.807) is 9.80 Å². The third-order valence-electron chi connectivity index (χ3n) is 5.29. The van der Waals surface area contributed by atoms with E-state index < -0.39 is 15.8 Å². The number of halogens is 1. The second kappa shape index (κ2) is 7.93. The largest absolute Gasteiger partial charge is 0.343 e. The first kappa shape index (κ1) is 19.8. The minimum atomic E-state index is -3.91. The van der Waals surface area contributed by atoms with Crippen molar-refractivity contribution in [2.24, 2.45) is 5.92 Å². The van der Waals surface area contributed by atoms with Gasteiger partial charge in [0.1, 0.15) is 10.7 Å². The van der Waals surface area contributed by atoms with E-state index in [0.717, 1.165) is 6.07 Å². The van der Waals surface area contributed by atoms with Gasteiger partial charge in [0.05, 0.1) is 0 Å². The van der Waals surface area contributed by atoms with E-state index in [1.165, 1.54) is 29.4 Å². The SMILES string of the molecule is CC(=O)N1CCC(C(=O)N2CCN(S(=O)(=O)c3ccccc3F)CC2)CC1. The summed E-state index contributed by atoms with van der Waals surface area (Å²) in [4.78, 5) is 27.2. The van der Waals surface area contributed by atoms with Crippen LogP contribution in [0, 0.1) is 11.7 Å². The number of amides is 2. The van der Waals surface area contributed by atoms with Crippen LogP contribution in [0.4, 0.5) is 4.39 Å². The minimum Gasteiger partial charge on any atom is -0.343 e. The highest BCUT2D eigenvalue weighted by Gasteiger charge is 2.34. The van der Waals surface area contributed by atoms with Crippen molar-refractivity contribution >= 4 is 21.8 Å². The molecule has 9 heteroatoms. The first-order valence-electron chi connectivity index (χ1n) is 9.09. The lowest BCUT2D eigenvalue weighted by molar-refractivity contribution is -0.141. The molecule has 27 heavy (non-hydrogen) atoms. The van der Waals surface area contributed by atoms with E-state index in [2.05, 4.69) is 0 Å². The molecule has 0 bridgehead atoms. The average Bonchev–Trinajstić information content (AvgIpc) is 2.68. The molecule has 2 aliphatic rings. The Morgan fingerprint density at radius 1 is 0.963 bits per heavy atom. The number of nitrogens with zero attached hydrogens (tertiary/aromatic N) is 3. The van der Waals surface area contributed by atoms with Crippen LogP contribution in [0.25, 0.3) is 0 Å². The molecular formula is C18H24FN3O4S. The van der Waals surface area contributed by atoms with E-state index in [1.807, 2.05) is 0 Å². The molecule has 3 rings (SSSR count). The van der Waals surface area contributed by atoms with Crippen molar-refractivity contribution in [3.63, 3.8) is 0 Å². The Morgan fingerprint density at radius 3 is 2.11 bits per heavy atom. The van der Waals surface area contributed by atoms with E-state index >= 15 is 0 Å². The van der Waals surface area contributed by atoms with E-state index in [0.29, 0.717) is 39.0 Å². The zero-order valence-corrected chi connectivity index (χ0v) is 16.1. The zero-order valence-electron chi connectivity index (χ0n) is 15.3. The van der Waals surface area contributed by atoms with Gasteiger partial charge < -0.3 is 9.80 Å². The van der Waals surface area contributed by atoms with Crippen LogP contribution in [-0.2, 0) is 19.6 Å². The third-order valence-corrected chi connectivity index (χ3v) is 7.23. The molecule has 0 unspecified atom stereocenters. The molecule has 2 heterocycles. The summed E-state index contributed by atoms with van der Waals surface area (Å²) < 4.78 is 40.4. The number of benzene rings is 1. The number of sulfonamides is 1. The van der Waals surface area contributed by atoms with Crippen LogP contribution in [-0.4, -0.2) is 73.6 Å². The van der Waals surface area contributed by atoms with Gasteiger partial charge in [-0.15, -0.1) is 0 Å². The van der Waals surface area contributed by atoms with Crippen molar-refractivity contribution in [1.29, 1.82) is 0 Å². The van der Waals surface area contributed by atoms with E-state index in [9.17, 15) is 22.4 Å². The van der Waals surface area contributed by atoms with Gasteiger partial charge in [0.25, 0.3) is 0 Å². The Labute approximate surface area is 158 Å². The molecular weight excluding hydrogens is 373 g/mol. The van der Waals surface area contributed by atoms with Gasteiger partial charge in [-0.3, -0.25) is 9.59 Å². The summed E-state index contributed by atoms with van der Waals surface area (Å²) >= 11 is 0. The van der Waals surface area contributed by atoms with Crippen molar-refractivity contribution in [1.82, 2.24) is 14.1 Å². The summed E-state index contributed by atoms with van der Waals surface area (Å²) in [5.74, 6) is -0.863. The average molecular weight is 397 g/mol. The predicted molar refractivity (Wildman–Crippen MR) is 96.7 cm³/mol. The number of piperidine rings is 1. The molecule has 2 aliphatic heterocycles. The van der Waals surface area contributed by atoms with Crippen molar-refractivity contribution in [2.45, 2.75) is 24.7 Å². The fourth-order valence-electron chi connectivity index (χ4n) is 3.64. The zero-order chi connectivity index (χ0) is 19.6. The highest BCUT2D eigenvalue weighted by atomic mass is 32.2. The number of hydrogen-bond acceptors (Lipinski definition) is 4. The van der Waals surface area contributed by atoms with Crippen LogP contribution in [0.2, 0.25) is 0 Å². The topological polar surface area (TPSA) is 78.0 Å². The molecule has 1 aromatic rings. The van der Waals surface area contributed by atoms with Gasteiger partial charge in [0, 0.05) is 52.1 Å². The second-order valence-electron chi connectivity index (χ2n) is 6.94. The maximum absolute atomic E-state index is 13.9. The summed E-state index contributed by atoms with van der Waals surface area (Å²) in [7, 11) is -3.91. The predicted octanol–water partition coefficient (Wildman–Crippen LogP) is 0.917. The van der Waals surface area contributed by atoms with Gasteiger partial charge in [-0.2, -0.15) is 4.31 Å². The van der Waals surface area contributed by atoms with Crippen molar-refractivity contribution in [3.8, 4) is 0 Å². The quantitative estimate of drug-likeness (QED) is 0.760. The second-order valence-corrected chi connectivity index (χ2v) is 8.85. The molecule has 2 amide bonds. The Balaban J connectivity index is 1.58. The highest BCUT2D eigenvalue weighted by Crippen LogP contribution is 2.23. The van der Waals surface area contributed by atoms with Gasteiger partial charge >= 0.3 is 0 Å². The fraction of sp³-hybridized carbons (Fsp3) is 0.556. The fourth-order valence-corrected chi connectivity index (χ4v) is 5.13.